The maximum atomic E-state index is 11.0. The van der Waals surface area contributed by atoms with Crippen molar-refractivity contribution in [2.24, 2.45) is 0 Å². The van der Waals surface area contributed by atoms with Gasteiger partial charge in [-0.05, 0) is 34.4 Å². The molecule has 0 bridgehead atoms. The van der Waals surface area contributed by atoms with Gasteiger partial charge in [-0.25, -0.2) is 0 Å². The molecule has 0 saturated heterocycles. The van der Waals surface area contributed by atoms with Gasteiger partial charge in [0, 0.05) is 23.9 Å². The number of nitro benzene ring substituents is 1. The van der Waals surface area contributed by atoms with Gasteiger partial charge in [-0.3, -0.25) is 14.8 Å². The molecule has 0 spiro atoms. The molecule has 0 aliphatic carbocycles. The second kappa shape index (κ2) is 8.55. The van der Waals surface area contributed by atoms with E-state index >= 15 is 0 Å². The van der Waals surface area contributed by atoms with Gasteiger partial charge in [-0.2, -0.15) is 5.10 Å². The molecule has 5 heteroatoms. The minimum Gasteiger partial charge on any atom is -0.258 e. The van der Waals surface area contributed by atoms with Crippen LogP contribution in [0.1, 0.15) is 16.7 Å². The predicted octanol–water partition coefficient (Wildman–Crippen LogP) is 6.30. The van der Waals surface area contributed by atoms with E-state index in [4.69, 9.17) is 5.10 Å². The zero-order chi connectivity index (χ0) is 22.7. The predicted molar refractivity (Wildman–Crippen MR) is 129 cm³/mol. The molecular formula is C28H21N3O2. The number of nitro groups is 1. The van der Waals surface area contributed by atoms with E-state index in [2.05, 4.69) is 36.4 Å². The lowest BCUT2D eigenvalue weighted by Crippen LogP contribution is -2.38. The van der Waals surface area contributed by atoms with Crippen LogP contribution in [-0.4, -0.2) is 14.7 Å². The van der Waals surface area contributed by atoms with Crippen molar-refractivity contribution in [1.29, 1.82) is 0 Å². The Morgan fingerprint density at radius 3 is 1.52 bits per heavy atom. The minimum absolute atomic E-state index is 0.0679. The van der Waals surface area contributed by atoms with Gasteiger partial charge in [0.25, 0.3) is 5.69 Å². The van der Waals surface area contributed by atoms with Gasteiger partial charge in [0.1, 0.15) is 5.54 Å². The summed E-state index contributed by atoms with van der Waals surface area (Å²) in [5, 5.41) is 15.9. The number of aromatic nitrogens is 2. The molecule has 0 radical (unpaired) electrons. The lowest BCUT2D eigenvalue weighted by molar-refractivity contribution is -0.384. The Bertz CT molecular complexity index is 1270. The van der Waals surface area contributed by atoms with Crippen molar-refractivity contribution in [3.63, 3.8) is 0 Å². The first kappa shape index (κ1) is 20.4. The molecule has 0 fully saturated rings. The Morgan fingerprint density at radius 2 is 1.09 bits per heavy atom. The molecule has 33 heavy (non-hydrogen) atoms. The van der Waals surface area contributed by atoms with E-state index in [-0.39, 0.29) is 5.69 Å². The molecule has 0 saturated carbocycles. The summed E-state index contributed by atoms with van der Waals surface area (Å²) in [6, 6.07) is 37.5. The number of hydrogen-bond acceptors (Lipinski definition) is 3. The van der Waals surface area contributed by atoms with Gasteiger partial charge >= 0.3 is 0 Å². The van der Waals surface area contributed by atoms with E-state index in [1.807, 2.05) is 71.7 Å². The number of benzene rings is 4. The van der Waals surface area contributed by atoms with Gasteiger partial charge in [-0.1, -0.05) is 91.0 Å². The summed E-state index contributed by atoms with van der Waals surface area (Å²) in [7, 11) is 0. The molecule has 4 aromatic carbocycles. The fourth-order valence-corrected chi connectivity index (χ4v) is 4.37. The fourth-order valence-electron chi connectivity index (χ4n) is 4.37. The highest BCUT2D eigenvalue weighted by molar-refractivity contribution is 5.64. The van der Waals surface area contributed by atoms with Crippen LogP contribution in [0.2, 0.25) is 0 Å². The van der Waals surface area contributed by atoms with E-state index in [1.54, 1.807) is 12.1 Å². The molecule has 1 aromatic heterocycles. The SMILES string of the molecule is O=[N+]([O-])c1ccc(-c2cnn(C(c3ccccc3)(c3ccccc3)c3ccccc3)c2)cc1. The van der Waals surface area contributed by atoms with Crippen LogP contribution in [0.3, 0.4) is 0 Å². The van der Waals surface area contributed by atoms with Crippen molar-refractivity contribution in [1.82, 2.24) is 9.78 Å². The zero-order valence-corrected chi connectivity index (χ0v) is 17.8. The smallest absolute Gasteiger partial charge is 0.258 e. The summed E-state index contributed by atoms with van der Waals surface area (Å²) >= 11 is 0. The van der Waals surface area contributed by atoms with Crippen molar-refractivity contribution in [2.75, 3.05) is 0 Å². The third-order valence-corrected chi connectivity index (χ3v) is 5.91. The van der Waals surface area contributed by atoms with Crippen LogP contribution >= 0.6 is 0 Å². The van der Waals surface area contributed by atoms with Crippen molar-refractivity contribution in [3.8, 4) is 11.1 Å². The van der Waals surface area contributed by atoms with Gasteiger partial charge in [0.2, 0.25) is 0 Å². The normalized spacial score (nSPS) is 11.3. The zero-order valence-electron chi connectivity index (χ0n) is 17.8. The molecule has 5 nitrogen and oxygen atoms in total. The minimum atomic E-state index is -0.692. The van der Waals surface area contributed by atoms with Crippen molar-refractivity contribution in [2.45, 2.75) is 5.54 Å². The van der Waals surface area contributed by atoms with Crippen molar-refractivity contribution < 1.29 is 4.92 Å². The maximum absolute atomic E-state index is 11.0. The quantitative estimate of drug-likeness (QED) is 0.180. The Morgan fingerprint density at radius 1 is 0.636 bits per heavy atom. The van der Waals surface area contributed by atoms with Crippen LogP contribution < -0.4 is 0 Å². The first-order chi connectivity index (χ1) is 16.2. The summed E-state index contributed by atoms with van der Waals surface area (Å²) in [6.45, 7) is 0. The van der Waals surface area contributed by atoms with E-state index in [0.717, 1.165) is 27.8 Å². The second-order valence-corrected chi connectivity index (χ2v) is 7.79. The number of hydrogen-bond donors (Lipinski definition) is 0. The molecule has 0 amide bonds. The van der Waals surface area contributed by atoms with Crippen molar-refractivity contribution >= 4 is 5.69 Å². The van der Waals surface area contributed by atoms with Crippen LogP contribution in [0.5, 0.6) is 0 Å². The van der Waals surface area contributed by atoms with Crippen LogP contribution in [-0.2, 0) is 5.54 Å². The Balaban J connectivity index is 1.75. The Hall–Kier alpha value is -4.51. The summed E-state index contributed by atoms with van der Waals surface area (Å²) in [5.74, 6) is 0. The van der Waals surface area contributed by atoms with E-state index < -0.39 is 10.5 Å². The Kier molecular flexibility index (Phi) is 5.29. The molecule has 5 rings (SSSR count). The molecule has 160 valence electrons. The van der Waals surface area contributed by atoms with Crippen LogP contribution in [0.25, 0.3) is 11.1 Å². The largest absolute Gasteiger partial charge is 0.269 e. The fraction of sp³-hybridized carbons (Fsp3) is 0.0357. The highest BCUT2D eigenvalue weighted by Crippen LogP contribution is 2.41. The van der Waals surface area contributed by atoms with E-state index in [1.165, 1.54) is 12.1 Å². The second-order valence-electron chi connectivity index (χ2n) is 7.79. The lowest BCUT2D eigenvalue weighted by Gasteiger charge is -2.36. The van der Waals surface area contributed by atoms with Gasteiger partial charge < -0.3 is 0 Å². The maximum Gasteiger partial charge on any atom is 0.269 e. The summed E-state index contributed by atoms with van der Waals surface area (Å²) in [6.07, 6.45) is 3.82. The van der Waals surface area contributed by atoms with Crippen LogP contribution in [0.4, 0.5) is 5.69 Å². The van der Waals surface area contributed by atoms with Crippen LogP contribution in [0.15, 0.2) is 128 Å². The standard InChI is InChI=1S/C28H21N3O2/c32-31(33)27-18-16-22(17-19-27)23-20-29-30(21-23)28(24-10-4-1-5-11-24,25-12-6-2-7-13-25)26-14-8-3-9-15-26/h1-21H. The van der Waals surface area contributed by atoms with Gasteiger partial charge in [0.05, 0.1) is 11.1 Å². The summed E-state index contributed by atoms with van der Waals surface area (Å²) in [4.78, 5) is 10.7. The lowest BCUT2D eigenvalue weighted by atomic mass is 9.77. The molecule has 0 aliphatic heterocycles. The van der Waals surface area contributed by atoms with E-state index in [0.29, 0.717) is 0 Å². The molecule has 0 aliphatic rings. The highest BCUT2D eigenvalue weighted by atomic mass is 16.6. The monoisotopic (exact) mass is 431 g/mol. The molecular weight excluding hydrogens is 410 g/mol. The van der Waals surface area contributed by atoms with Crippen LogP contribution in [0, 0.1) is 10.1 Å². The van der Waals surface area contributed by atoms with Gasteiger partial charge in [0.15, 0.2) is 0 Å². The van der Waals surface area contributed by atoms with Crippen molar-refractivity contribution in [3.05, 3.63) is 154 Å². The number of rotatable bonds is 6. The topological polar surface area (TPSA) is 61.0 Å². The first-order valence-corrected chi connectivity index (χ1v) is 10.7. The number of nitrogens with zero attached hydrogens (tertiary/aromatic N) is 3. The molecule has 5 aromatic rings. The molecule has 1 heterocycles. The number of non-ortho nitro benzene ring substituents is 1. The third-order valence-electron chi connectivity index (χ3n) is 5.91. The summed E-state index contributed by atoms with van der Waals surface area (Å²) < 4.78 is 1.99. The summed E-state index contributed by atoms with van der Waals surface area (Å²) in [5.41, 5.74) is 4.38. The highest BCUT2D eigenvalue weighted by Gasteiger charge is 2.39. The van der Waals surface area contributed by atoms with E-state index in [9.17, 15) is 10.1 Å². The molecule has 0 unspecified atom stereocenters. The first-order valence-electron chi connectivity index (χ1n) is 10.7. The average Bonchev–Trinajstić information content (AvgIpc) is 3.37. The average molecular weight is 431 g/mol. The third kappa shape index (κ3) is 3.59. The molecule has 0 N–H and O–H groups in total. The van der Waals surface area contributed by atoms with Gasteiger partial charge in [-0.15, -0.1) is 0 Å². The molecule has 0 atom stereocenters. The Labute approximate surface area is 191 Å².